The molecular formula is C14H23NO. The minimum atomic E-state index is -0.120. The van der Waals surface area contributed by atoms with Crippen LogP contribution in [0.1, 0.15) is 33.3 Å². The van der Waals surface area contributed by atoms with Crippen LogP contribution in [0.25, 0.3) is 0 Å². The second kappa shape index (κ2) is 5.90. The first-order chi connectivity index (χ1) is 7.51. The summed E-state index contributed by atoms with van der Waals surface area (Å²) in [7, 11) is 0. The summed E-state index contributed by atoms with van der Waals surface area (Å²) in [6.45, 7) is 10.4. The average Bonchev–Trinajstić information content (AvgIpc) is 2.19. The third-order valence-electron chi connectivity index (χ3n) is 2.19. The highest BCUT2D eigenvalue weighted by Gasteiger charge is 2.11. The number of rotatable bonds is 5. The lowest BCUT2D eigenvalue weighted by Crippen LogP contribution is -2.22. The minimum absolute atomic E-state index is 0.120. The Labute approximate surface area is 99.0 Å². The van der Waals surface area contributed by atoms with Crippen molar-refractivity contribution in [2.75, 3.05) is 13.1 Å². The Bertz CT molecular complexity index is 298. The van der Waals surface area contributed by atoms with Gasteiger partial charge in [0.25, 0.3) is 0 Å². The molecule has 0 unspecified atom stereocenters. The maximum absolute atomic E-state index is 5.77. The molecule has 0 fully saturated rings. The first-order valence-electron chi connectivity index (χ1n) is 6.00. The largest absolute Gasteiger partial charge is 0.488 e. The SMILES string of the molecule is CCNCCc1ccc(OC(C)(C)C)cc1. The Balaban J connectivity index is 2.48. The van der Waals surface area contributed by atoms with E-state index in [0.717, 1.165) is 25.3 Å². The predicted octanol–water partition coefficient (Wildman–Crippen LogP) is 3.02. The molecule has 0 saturated carbocycles. The standard InChI is InChI=1S/C14H23NO/c1-5-15-11-10-12-6-8-13(9-7-12)16-14(2,3)4/h6-9,15H,5,10-11H2,1-4H3. The summed E-state index contributed by atoms with van der Waals surface area (Å²) in [5.41, 5.74) is 1.23. The van der Waals surface area contributed by atoms with E-state index in [4.69, 9.17) is 4.74 Å². The van der Waals surface area contributed by atoms with Gasteiger partial charge < -0.3 is 10.1 Å². The lowest BCUT2D eigenvalue weighted by molar-refractivity contribution is 0.131. The zero-order valence-corrected chi connectivity index (χ0v) is 10.8. The first kappa shape index (κ1) is 13.0. The van der Waals surface area contributed by atoms with Gasteiger partial charge >= 0.3 is 0 Å². The van der Waals surface area contributed by atoms with Gasteiger partial charge in [-0.25, -0.2) is 0 Å². The van der Waals surface area contributed by atoms with Crippen LogP contribution in [0, 0.1) is 0 Å². The summed E-state index contributed by atoms with van der Waals surface area (Å²) in [5, 5.41) is 3.32. The van der Waals surface area contributed by atoms with Gasteiger partial charge in [-0.15, -0.1) is 0 Å². The quantitative estimate of drug-likeness (QED) is 0.772. The third kappa shape index (κ3) is 5.17. The Kier molecular flexibility index (Phi) is 4.81. The molecule has 1 N–H and O–H groups in total. The molecule has 2 nitrogen and oxygen atoms in total. The number of ether oxygens (including phenoxy) is 1. The Morgan fingerprint density at radius 1 is 1.12 bits per heavy atom. The maximum atomic E-state index is 5.77. The van der Waals surface area contributed by atoms with E-state index in [2.05, 4.69) is 45.1 Å². The number of hydrogen-bond donors (Lipinski definition) is 1. The first-order valence-corrected chi connectivity index (χ1v) is 6.00. The van der Waals surface area contributed by atoms with Gasteiger partial charge in [-0.1, -0.05) is 19.1 Å². The van der Waals surface area contributed by atoms with Crippen LogP contribution in [0.15, 0.2) is 24.3 Å². The van der Waals surface area contributed by atoms with Crippen molar-refractivity contribution < 1.29 is 4.74 Å². The van der Waals surface area contributed by atoms with Gasteiger partial charge in [0, 0.05) is 0 Å². The van der Waals surface area contributed by atoms with Crippen molar-refractivity contribution in [1.82, 2.24) is 5.32 Å². The Morgan fingerprint density at radius 3 is 2.25 bits per heavy atom. The van der Waals surface area contributed by atoms with E-state index in [0.29, 0.717) is 0 Å². The third-order valence-corrected chi connectivity index (χ3v) is 2.19. The van der Waals surface area contributed by atoms with Crippen molar-refractivity contribution in [3.05, 3.63) is 29.8 Å². The molecule has 2 heteroatoms. The monoisotopic (exact) mass is 221 g/mol. The van der Waals surface area contributed by atoms with Crippen LogP contribution >= 0.6 is 0 Å². The highest BCUT2D eigenvalue weighted by molar-refractivity contribution is 5.27. The zero-order valence-electron chi connectivity index (χ0n) is 10.8. The average molecular weight is 221 g/mol. The molecule has 0 bridgehead atoms. The maximum Gasteiger partial charge on any atom is 0.120 e. The fourth-order valence-electron chi connectivity index (χ4n) is 1.49. The number of benzene rings is 1. The Hall–Kier alpha value is -1.02. The van der Waals surface area contributed by atoms with E-state index in [-0.39, 0.29) is 5.60 Å². The van der Waals surface area contributed by atoms with E-state index in [9.17, 15) is 0 Å². The molecule has 16 heavy (non-hydrogen) atoms. The van der Waals surface area contributed by atoms with Crippen molar-refractivity contribution in [2.24, 2.45) is 0 Å². The van der Waals surface area contributed by atoms with Crippen molar-refractivity contribution >= 4 is 0 Å². The van der Waals surface area contributed by atoms with Crippen molar-refractivity contribution in [3.63, 3.8) is 0 Å². The van der Waals surface area contributed by atoms with Gasteiger partial charge in [0.1, 0.15) is 11.4 Å². The summed E-state index contributed by atoms with van der Waals surface area (Å²) < 4.78 is 5.77. The molecule has 1 rings (SSSR count). The molecular weight excluding hydrogens is 198 g/mol. The topological polar surface area (TPSA) is 21.3 Å². The van der Waals surface area contributed by atoms with Gasteiger partial charge in [-0.2, -0.15) is 0 Å². The molecule has 0 amide bonds. The molecule has 90 valence electrons. The van der Waals surface area contributed by atoms with E-state index in [1.807, 2.05) is 12.1 Å². The van der Waals surface area contributed by atoms with Crippen LogP contribution < -0.4 is 10.1 Å². The number of hydrogen-bond acceptors (Lipinski definition) is 2. The van der Waals surface area contributed by atoms with E-state index >= 15 is 0 Å². The highest BCUT2D eigenvalue weighted by atomic mass is 16.5. The molecule has 0 radical (unpaired) electrons. The molecule has 0 atom stereocenters. The molecule has 1 aromatic rings. The Morgan fingerprint density at radius 2 is 1.75 bits per heavy atom. The van der Waals surface area contributed by atoms with Crippen LogP contribution in [0.2, 0.25) is 0 Å². The predicted molar refractivity (Wildman–Crippen MR) is 69.1 cm³/mol. The molecule has 0 spiro atoms. The lowest BCUT2D eigenvalue weighted by atomic mass is 10.1. The van der Waals surface area contributed by atoms with Gasteiger partial charge in [0.15, 0.2) is 0 Å². The summed E-state index contributed by atoms with van der Waals surface area (Å²) in [5.74, 6) is 0.944. The lowest BCUT2D eigenvalue weighted by Gasteiger charge is -2.21. The van der Waals surface area contributed by atoms with E-state index < -0.39 is 0 Å². The van der Waals surface area contributed by atoms with Crippen molar-refractivity contribution in [1.29, 1.82) is 0 Å². The number of nitrogens with one attached hydrogen (secondary N) is 1. The molecule has 0 aromatic heterocycles. The summed E-state index contributed by atoms with van der Waals surface area (Å²) in [6, 6.07) is 8.37. The summed E-state index contributed by atoms with van der Waals surface area (Å²) in [4.78, 5) is 0. The molecule has 0 saturated heterocycles. The van der Waals surface area contributed by atoms with Gasteiger partial charge in [0.2, 0.25) is 0 Å². The minimum Gasteiger partial charge on any atom is -0.488 e. The smallest absolute Gasteiger partial charge is 0.120 e. The molecule has 0 aliphatic heterocycles. The van der Waals surface area contributed by atoms with Gasteiger partial charge in [0.05, 0.1) is 0 Å². The van der Waals surface area contributed by atoms with Gasteiger partial charge in [-0.3, -0.25) is 0 Å². The second-order valence-corrected chi connectivity index (χ2v) is 4.96. The number of likely N-dealkylation sites (N-methyl/N-ethyl adjacent to an activating group) is 1. The fourth-order valence-corrected chi connectivity index (χ4v) is 1.49. The highest BCUT2D eigenvalue weighted by Crippen LogP contribution is 2.18. The van der Waals surface area contributed by atoms with Crippen LogP contribution in [0.3, 0.4) is 0 Å². The molecule has 1 aromatic carbocycles. The molecule has 0 aliphatic carbocycles. The van der Waals surface area contributed by atoms with E-state index in [1.165, 1.54) is 5.56 Å². The van der Waals surface area contributed by atoms with Crippen molar-refractivity contribution in [3.8, 4) is 5.75 Å². The zero-order chi connectivity index (χ0) is 12.0. The van der Waals surface area contributed by atoms with Crippen LogP contribution in [0.4, 0.5) is 0 Å². The summed E-state index contributed by atoms with van der Waals surface area (Å²) in [6.07, 6.45) is 1.07. The normalized spacial score (nSPS) is 11.5. The van der Waals surface area contributed by atoms with E-state index in [1.54, 1.807) is 0 Å². The summed E-state index contributed by atoms with van der Waals surface area (Å²) >= 11 is 0. The van der Waals surface area contributed by atoms with Crippen LogP contribution in [-0.4, -0.2) is 18.7 Å². The van der Waals surface area contributed by atoms with Crippen LogP contribution in [-0.2, 0) is 6.42 Å². The molecule has 0 aliphatic rings. The second-order valence-electron chi connectivity index (χ2n) is 4.96. The van der Waals surface area contributed by atoms with Gasteiger partial charge in [-0.05, 0) is 58.0 Å². The fraction of sp³-hybridized carbons (Fsp3) is 0.571. The molecule has 0 heterocycles. The van der Waals surface area contributed by atoms with Crippen LogP contribution in [0.5, 0.6) is 5.75 Å². The van der Waals surface area contributed by atoms with Crippen molar-refractivity contribution in [2.45, 2.75) is 39.7 Å².